The maximum atomic E-state index is 4.16. The summed E-state index contributed by atoms with van der Waals surface area (Å²) in [4.78, 5) is 12.4. The number of hydrogen-bond donors (Lipinski definition) is 1. The zero-order valence-electron chi connectivity index (χ0n) is 8.65. The molecule has 2 aromatic heterocycles. The van der Waals surface area contributed by atoms with Crippen LogP contribution < -0.4 is 5.32 Å². The normalized spacial score (nSPS) is 9.07. The van der Waals surface area contributed by atoms with E-state index in [-0.39, 0.29) is 0 Å². The van der Waals surface area contributed by atoms with Gasteiger partial charge in [-0.2, -0.15) is 0 Å². The molecule has 4 heteroatoms. The van der Waals surface area contributed by atoms with Crippen LogP contribution in [0.4, 0.5) is 5.82 Å². The zero-order chi connectivity index (χ0) is 10.4. The molecule has 0 radical (unpaired) electrons. The van der Waals surface area contributed by atoms with Crippen LogP contribution in [-0.4, -0.2) is 22.0 Å². The van der Waals surface area contributed by atoms with E-state index in [1.807, 2.05) is 27.0 Å². The summed E-state index contributed by atoms with van der Waals surface area (Å²) in [6.07, 6.45) is 5.04. The fraction of sp³-hybridized carbons (Fsp3) is 0.300. The first-order valence-corrected chi connectivity index (χ1v) is 4.65. The monoisotopic (exact) mass is 190 g/mol. The highest BCUT2D eigenvalue weighted by Crippen LogP contribution is 2.14. The van der Waals surface area contributed by atoms with Gasteiger partial charge in [-0.3, -0.25) is 4.98 Å². The third kappa shape index (κ3) is 1.96. The SMILES string of the molecule is CC.CNc1nccc2nccnc12. The molecule has 0 amide bonds. The minimum absolute atomic E-state index is 0.764. The lowest BCUT2D eigenvalue weighted by Crippen LogP contribution is -1.95. The number of anilines is 1. The van der Waals surface area contributed by atoms with Crippen molar-refractivity contribution in [2.24, 2.45) is 0 Å². The van der Waals surface area contributed by atoms with Crippen LogP contribution in [0.5, 0.6) is 0 Å². The maximum absolute atomic E-state index is 4.16. The van der Waals surface area contributed by atoms with Gasteiger partial charge in [-0.05, 0) is 6.07 Å². The van der Waals surface area contributed by atoms with Crippen LogP contribution in [0.1, 0.15) is 13.8 Å². The molecule has 0 aromatic carbocycles. The standard InChI is InChI=1S/C8H8N4.C2H6/c1-9-8-7-6(2-3-12-8)10-4-5-11-7;1-2/h2-5H,1H3,(H,9,12);1-2H3. The van der Waals surface area contributed by atoms with E-state index in [9.17, 15) is 0 Å². The van der Waals surface area contributed by atoms with E-state index < -0.39 is 0 Å². The van der Waals surface area contributed by atoms with Crippen LogP contribution >= 0.6 is 0 Å². The molecule has 14 heavy (non-hydrogen) atoms. The second-order valence-electron chi connectivity index (χ2n) is 2.33. The van der Waals surface area contributed by atoms with Crippen LogP contribution in [0, 0.1) is 0 Å². The first kappa shape index (κ1) is 10.4. The van der Waals surface area contributed by atoms with Crippen molar-refractivity contribution in [3.05, 3.63) is 24.7 Å². The first-order chi connectivity index (χ1) is 6.92. The zero-order valence-corrected chi connectivity index (χ0v) is 8.65. The number of rotatable bonds is 1. The summed E-state index contributed by atoms with van der Waals surface area (Å²) in [5.41, 5.74) is 1.67. The predicted octanol–water partition coefficient (Wildman–Crippen LogP) is 2.09. The largest absolute Gasteiger partial charge is 0.371 e. The molecule has 0 bridgehead atoms. The van der Waals surface area contributed by atoms with E-state index in [1.54, 1.807) is 18.6 Å². The number of pyridine rings is 1. The van der Waals surface area contributed by atoms with Crippen molar-refractivity contribution in [2.75, 3.05) is 12.4 Å². The number of aromatic nitrogens is 3. The summed E-state index contributed by atoms with van der Waals surface area (Å²) in [7, 11) is 1.82. The van der Waals surface area contributed by atoms with E-state index in [0.717, 1.165) is 16.9 Å². The van der Waals surface area contributed by atoms with Crippen molar-refractivity contribution in [3.8, 4) is 0 Å². The summed E-state index contributed by atoms with van der Waals surface area (Å²) >= 11 is 0. The molecular formula is C10H14N4. The van der Waals surface area contributed by atoms with Gasteiger partial charge in [-0.15, -0.1) is 0 Å². The molecule has 2 aromatic rings. The second-order valence-corrected chi connectivity index (χ2v) is 2.33. The van der Waals surface area contributed by atoms with Crippen molar-refractivity contribution >= 4 is 16.9 Å². The molecule has 0 spiro atoms. The molecule has 0 aliphatic carbocycles. The average Bonchev–Trinajstić information content (AvgIpc) is 2.31. The van der Waals surface area contributed by atoms with Crippen molar-refractivity contribution < 1.29 is 0 Å². The van der Waals surface area contributed by atoms with Crippen molar-refractivity contribution in [1.29, 1.82) is 0 Å². The molecule has 2 rings (SSSR count). The number of nitrogens with one attached hydrogen (secondary N) is 1. The molecular weight excluding hydrogens is 176 g/mol. The molecule has 0 atom stereocenters. The van der Waals surface area contributed by atoms with Gasteiger partial charge in [0.2, 0.25) is 0 Å². The Morgan fingerprint density at radius 3 is 2.43 bits per heavy atom. The van der Waals surface area contributed by atoms with E-state index in [2.05, 4.69) is 20.3 Å². The molecule has 0 fully saturated rings. The molecule has 2 heterocycles. The van der Waals surface area contributed by atoms with Gasteiger partial charge >= 0.3 is 0 Å². The molecule has 0 saturated heterocycles. The Labute approximate surface area is 83.4 Å². The van der Waals surface area contributed by atoms with Gasteiger partial charge < -0.3 is 5.32 Å². The van der Waals surface area contributed by atoms with Gasteiger partial charge in [0.05, 0.1) is 5.52 Å². The van der Waals surface area contributed by atoms with Crippen molar-refractivity contribution in [2.45, 2.75) is 13.8 Å². The van der Waals surface area contributed by atoms with Crippen molar-refractivity contribution in [3.63, 3.8) is 0 Å². The molecule has 0 aliphatic heterocycles. The molecule has 74 valence electrons. The first-order valence-electron chi connectivity index (χ1n) is 4.65. The van der Waals surface area contributed by atoms with Gasteiger partial charge in [0.1, 0.15) is 5.52 Å². The Kier molecular flexibility index (Phi) is 3.79. The Morgan fingerprint density at radius 1 is 1.00 bits per heavy atom. The molecule has 1 N–H and O–H groups in total. The van der Waals surface area contributed by atoms with Crippen LogP contribution in [0.3, 0.4) is 0 Å². The average molecular weight is 190 g/mol. The Hall–Kier alpha value is -1.71. The van der Waals surface area contributed by atoms with Gasteiger partial charge in [0, 0.05) is 25.6 Å². The van der Waals surface area contributed by atoms with Crippen LogP contribution in [0.15, 0.2) is 24.7 Å². The van der Waals surface area contributed by atoms with E-state index >= 15 is 0 Å². The Balaban J connectivity index is 0.000000461. The van der Waals surface area contributed by atoms with Crippen molar-refractivity contribution in [1.82, 2.24) is 15.0 Å². The highest BCUT2D eigenvalue weighted by molar-refractivity contribution is 5.84. The summed E-state index contributed by atoms with van der Waals surface area (Å²) in [6.45, 7) is 4.00. The lowest BCUT2D eigenvalue weighted by molar-refractivity contribution is 1.23. The third-order valence-electron chi connectivity index (χ3n) is 1.62. The molecule has 4 nitrogen and oxygen atoms in total. The minimum Gasteiger partial charge on any atom is -0.371 e. The highest BCUT2D eigenvalue weighted by Gasteiger charge is 1.99. The lowest BCUT2D eigenvalue weighted by atomic mass is 10.3. The fourth-order valence-corrected chi connectivity index (χ4v) is 1.08. The number of nitrogens with zero attached hydrogens (tertiary/aromatic N) is 3. The molecule has 0 unspecified atom stereocenters. The van der Waals surface area contributed by atoms with Crippen LogP contribution in [0.25, 0.3) is 11.0 Å². The number of fused-ring (bicyclic) bond motifs is 1. The quantitative estimate of drug-likeness (QED) is 0.748. The summed E-state index contributed by atoms with van der Waals surface area (Å²) in [5.74, 6) is 0.764. The van der Waals surface area contributed by atoms with E-state index in [1.165, 1.54) is 0 Å². The lowest BCUT2D eigenvalue weighted by Gasteiger charge is -2.00. The van der Waals surface area contributed by atoms with Gasteiger partial charge in [-0.25, -0.2) is 9.97 Å². The topological polar surface area (TPSA) is 50.7 Å². The Bertz CT molecular complexity index is 395. The van der Waals surface area contributed by atoms with Gasteiger partial charge in [0.25, 0.3) is 0 Å². The molecule has 0 aliphatic rings. The summed E-state index contributed by atoms with van der Waals surface area (Å²) in [5, 5.41) is 2.96. The van der Waals surface area contributed by atoms with Crippen LogP contribution in [0.2, 0.25) is 0 Å². The van der Waals surface area contributed by atoms with E-state index in [0.29, 0.717) is 0 Å². The van der Waals surface area contributed by atoms with Gasteiger partial charge in [0.15, 0.2) is 5.82 Å². The summed E-state index contributed by atoms with van der Waals surface area (Å²) in [6, 6.07) is 1.84. The van der Waals surface area contributed by atoms with Crippen LogP contribution in [-0.2, 0) is 0 Å². The smallest absolute Gasteiger partial charge is 0.153 e. The Morgan fingerprint density at radius 2 is 1.71 bits per heavy atom. The summed E-state index contributed by atoms with van der Waals surface area (Å²) < 4.78 is 0. The number of hydrogen-bond acceptors (Lipinski definition) is 4. The van der Waals surface area contributed by atoms with Gasteiger partial charge in [-0.1, -0.05) is 13.8 Å². The predicted molar refractivity (Wildman–Crippen MR) is 58.2 cm³/mol. The highest BCUT2D eigenvalue weighted by atomic mass is 15.0. The third-order valence-corrected chi connectivity index (χ3v) is 1.62. The fourth-order valence-electron chi connectivity index (χ4n) is 1.08. The maximum Gasteiger partial charge on any atom is 0.153 e. The second kappa shape index (κ2) is 5.11. The van der Waals surface area contributed by atoms with E-state index in [4.69, 9.17) is 0 Å². The minimum atomic E-state index is 0.764. The molecule has 0 saturated carbocycles.